The van der Waals surface area contributed by atoms with Crippen LogP contribution in [0.5, 0.6) is 0 Å². The summed E-state index contributed by atoms with van der Waals surface area (Å²) in [7, 11) is 0. The van der Waals surface area contributed by atoms with Crippen LogP contribution in [0.3, 0.4) is 0 Å². The van der Waals surface area contributed by atoms with Gasteiger partial charge in [0.25, 0.3) is 5.69 Å². The first kappa shape index (κ1) is 8.99. The van der Waals surface area contributed by atoms with Gasteiger partial charge in [0.15, 0.2) is 0 Å². The predicted octanol–water partition coefficient (Wildman–Crippen LogP) is 2.33. The summed E-state index contributed by atoms with van der Waals surface area (Å²) in [5.74, 6) is -0.481. The summed E-state index contributed by atoms with van der Waals surface area (Å²) in [4.78, 5) is 9.81. The molecule has 64 valence electrons. The summed E-state index contributed by atoms with van der Waals surface area (Å²) in [6, 6.07) is 2.16. The SMILES string of the molecule is Cc1c(F)ccc([N+](=O)[O-])c1S. The number of halogens is 1. The van der Waals surface area contributed by atoms with Crippen LogP contribution >= 0.6 is 12.6 Å². The second-order valence-corrected chi connectivity index (χ2v) is 2.74. The van der Waals surface area contributed by atoms with Gasteiger partial charge in [-0.1, -0.05) is 0 Å². The molecular formula is C7H6FNO2S. The van der Waals surface area contributed by atoms with Crippen molar-refractivity contribution in [1.82, 2.24) is 0 Å². The van der Waals surface area contributed by atoms with E-state index in [4.69, 9.17) is 0 Å². The third-order valence-electron chi connectivity index (χ3n) is 1.54. The van der Waals surface area contributed by atoms with E-state index in [1.54, 1.807) is 0 Å². The number of nitro benzene ring substituents is 1. The summed E-state index contributed by atoms with van der Waals surface area (Å²) in [5.41, 5.74) is 0.0322. The molecule has 0 fully saturated rings. The van der Waals surface area contributed by atoms with E-state index in [1.165, 1.54) is 6.92 Å². The molecule has 0 N–H and O–H groups in total. The molecule has 0 heterocycles. The van der Waals surface area contributed by atoms with Crippen LogP contribution in [-0.2, 0) is 0 Å². The average molecular weight is 187 g/mol. The van der Waals surface area contributed by atoms with Crippen molar-refractivity contribution < 1.29 is 9.31 Å². The standard InChI is InChI=1S/C7H6FNO2S/c1-4-5(8)2-3-6(7(4)12)9(10)11/h2-3,12H,1H3. The Bertz CT molecular complexity index is 340. The monoisotopic (exact) mass is 187 g/mol. The first-order valence-corrected chi connectivity index (χ1v) is 3.61. The van der Waals surface area contributed by atoms with Crippen molar-refractivity contribution in [2.45, 2.75) is 11.8 Å². The van der Waals surface area contributed by atoms with Crippen LogP contribution in [0.4, 0.5) is 10.1 Å². The van der Waals surface area contributed by atoms with Gasteiger partial charge in [-0.15, -0.1) is 12.6 Å². The zero-order valence-corrected chi connectivity index (χ0v) is 7.14. The van der Waals surface area contributed by atoms with Crippen molar-refractivity contribution in [2.75, 3.05) is 0 Å². The Morgan fingerprint density at radius 3 is 2.67 bits per heavy atom. The zero-order valence-electron chi connectivity index (χ0n) is 6.24. The number of nitro groups is 1. The largest absolute Gasteiger partial charge is 0.283 e. The molecule has 0 radical (unpaired) electrons. The quantitative estimate of drug-likeness (QED) is 0.416. The predicted molar refractivity (Wildman–Crippen MR) is 45.0 cm³/mol. The van der Waals surface area contributed by atoms with E-state index < -0.39 is 10.7 Å². The van der Waals surface area contributed by atoms with E-state index in [2.05, 4.69) is 12.6 Å². The maximum atomic E-state index is 12.8. The molecule has 0 atom stereocenters. The van der Waals surface area contributed by atoms with Crippen LogP contribution in [0.25, 0.3) is 0 Å². The van der Waals surface area contributed by atoms with Crippen LogP contribution in [0, 0.1) is 22.9 Å². The first-order chi connectivity index (χ1) is 5.54. The Morgan fingerprint density at radius 1 is 1.58 bits per heavy atom. The van der Waals surface area contributed by atoms with Gasteiger partial charge in [-0.25, -0.2) is 4.39 Å². The third kappa shape index (κ3) is 1.40. The Labute approximate surface area is 73.8 Å². The van der Waals surface area contributed by atoms with Gasteiger partial charge in [-0.05, 0) is 13.0 Å². The fourth-order valence-corrected chi connectivity index (χ4v) is 1.07. The molecule has 5 heteroatoms. The molecule has 0 aliphatic carbocycles. The van der Waals surface area contributed by atoms with Gasteiger partial charge >= 0.3 is 0 Å². The highest BCUT2D eigenvalue weighted by atomic mass is 32.1. The lowest BCUT2D eigenvalue weighted by atomic mass is 10.2. The second kappa shape index (κ2) is 3.10. The molecule has 0 bridgehead atoms. The minimum atomic E-state index is -0.589. The van der Waals surface area contributed by atoms with Crippen LogP contribution in [-0.4, -0.2) is 4.92 Å². The zero-order chi connectivity index (χ0) is 9.30. The molecule has 3 nitrogen and oxygen atoms in total. The average Bonchev–Trinajstić information content (AvgIpc) is 2.00. The molecule has 1 aromatic rings. The van der Waals surface area contributed by atoms with Gasteiger partial charge in [-0.3, -0.25) is 10.1 Å². The normalized spacial score (nSPS) is 9.92. The molecule has 12 heavy (non-hydrogen) atoms. The van der Waals surface area contributed by atoms with Crippen molar-refractivity contribution in [2.24, 2.45) is 0 Å². The number of hydrogen-bond donors (Lipinski definition) is 1. The van der Waals surface area contributed by atoms with E-state index in [0.29, 0.717) is 0 Å². The molecule has 0 aliphatic rings. The summed E-state index contributed by atoms with van der Waals surface area (Å²) in [6.45, 7) is 1.45. The number of nitrogens with zero attached hydrogens (tertiary/aromatic N) is 1. The van der Waals surface area contributed by atoms with E-state index in [0.717, 1.165) is 12.1 Å². The summed E-state index contributed by atoms with van der Waals surface area (Å²) in [6.07, 6.45) is 0. The fraction of sp³-hybridized carbons (Fsp3) is 0.143. The molecule has 1 aromatic carbocycles. The van der Waals surface area contributed by atoms with Gasteiger partial charge in [0.2, 0.25) is 0 Å². The van der Waals surface area contributed by atoms with Crippen LogP contribution in [0.2, 0.25) is 0 Å². The maximum absolute atomic E-state index is 12.8. The summed E-state index contributed by atoms with van der Waals surface area (Å²) < 4.78 is 12.8. The van der Waals surface area contributed by atoms with Gasteiger partial charge in [0.05, 0.1) is 9.82 Å². The molecule has 0 unspecified atom stereocenters. The molecule has 0 aliphatic heterocycles. The molecule has 0 aromatic heterocycles. The Morgan fingerprint density at radius 2 is 2.17 bits per heavy atom. The number of rotatable bonds is 1. The smallest absolute Gasteiger partial charge is 0.258 e. The highest BCUT2D eigenvalue weighted by molar-refractivity contribution is 7.80. The number of benzene rings is 1. The van der Waals surface area contributed by atoms with Crippen molar-refractivity contribution in [3.63, 3.8) is 0 Å². The fourth-order valence-electron chi connectivity index (χ4n) is 0.809. The maximum Gasteiger partial charge on any atom is 0.283 e. The molecule has 0 saturated heterocycles. The van der Waals surface area contributed by atoms with Gasteiger partial charge in [0.1, 0.15) is 5.82 Å². The Hall–Kier alpha value is -1.10. The van der Waals surface area contributed by atoms with E-state index >= 15 is 0 Å². The molecule has 0 spiro atoms. The molecular weight excluding hydrogens is 181 g/mol. The lowest BCUT2D eigenvalue weighted by Crippen LogP contribution is -1.93. The van der Waals surface area contributed by atoms with Crippen LogP contribution < -0.4 is 0 Å². The van der Waals surface area contributed by atoms with Crippen molar-refractivity contribution >= 4 is 18.3 Å². The van der Waals surface area contributed by atoms with Crippen molar-refractivity contribution in [1.29, 1.82) is 0 Å². The third-order valence-corrected chi connectivity index (χ3v) is 2.10. The number of hydrogen-bond acceptors (Lipinski definition) is 3. The topological polar surface area (TPSA) is 43.1 Å². The van der Waals surface area contributed by atoms with Crippen molar-refractivity contribution in [3.8, 4) is 0 Å². The van der Waals surface area contributed by atoms with Gasteiger partial charge in [-0.2, -0.15) is 0 Å². The summed E-state index contributed by atoms with van der Waals surface area (Å²) >= 11 is 3.84. The Balaban J connectivity index is 3.36. The van der Waals surface area contributed by atoms with E-state index in [1.807, 2.05) is 0 Å². The highest BCUT2D eigenvalue weighted by Gasteiger charge is 2.14. The molecule has 1 rings (SSSR count). The Kier molecular flexibility index (Phi) is 2.32. The minimum absolute atomic E-state index is 0.0833. The van der Waals surface area contributed by atoms with Gasteiger partial charge in [0, 0.05) is 11.6 Å². The second-order valence-electron chi connectivity index (χ2n) is 2.30. The lowest BCUT2D eigenvalue weighted by molar-refractivity contribution is -0.387. The lowest BCUT2D eigenvalue weighted by Gasteiger charge is -2.00. The van der Waals surface area contributed by atoms with Crippen LogP contribution in [0.1, 0.15) is 5.56 Å². The number of thiol groups is 1. The van der Waals surface area contributed by atoms with Gasteiger partial charge < -0.3 is 0 Å². The van der Waals surface area contributed by atoms with E-state index in [9.17, 15) is 14.5 Å². The molecule has 0 saturated carbocycles. The van der Waals surface area contributed by atoms with E-state index in [-0.39, 0.29) is 16.1 Å². The minimum Gasteiger partial charge on any atom is -0.258 e. The van der Waals surface area contributed by atoms with Crippen molar-refractivity contribution in [3.05, 3.63) is 33.6 Å². The highest BCUT2D eigenvalue weighted by Crippen LogP contribution is 2.27. The first-order valence-electron chi connectivity index (χ1n) is 3.16. The summed E-state index contributed by atoms with van der Waals surface area (Å²) in [5, 5.41) is 10.3. The van der Waals surface area contributed by atoms with Crippen LogP contribution in [0.15, 0.2) is 17.0 Å². The molecule has 0 amide bonds.